The molecule has 2 amide bonds. The van der Waals surface area contributed by atoms with Crippen LogP contribution in [0.1, 0.15) is 86.8 Å². The summed E-state index contributed by atoms with van der Waals surface area (Å²) in [4.78, 5) is 22.5. The van der Waals surface area contributed by atoms with Gasteiger partial charge in [0.15, 0.2) is 0 Å². The molecule has 0 saturated heterocycles. The average Bonchev–Trinajstić information content (AvgIpc) is 4.12. The van der Waals surface area contributed by atoms with Gasteiger partial charge in [0, 0.05) is 48.9 Å². The van der Waals surface area contributed by atoms with Crippen molar-refractivity contribution in [1.82, 2.24) is 10.6 Å². The maximum Gasteiger partial charge on any atom is 0.217 e. The number of ether oxygens (including phenoxy) is 4. The molecule has 0 spiro atoms. The van der Waals surface area contributed by atoms with Gasteiger partial charge in [0.05, 0.1) is 25.3 Å². The van der Waals surface area contributed by atoms with Crippen LogP contribution in [0, 0.1) is 35.5 Å². The van der Waals surface area contributed by atoms with E-state index in [-0.39, 0.29) is 36.1 Å². The molecule has 2 N–H and O–H groups in total. The molecule has 0 unspecified atom stereocenters. The van der Waals surface area contributed by atoms with E-state index in [0.717, 1.165) is 94.3 Å². The van der Waals surface area contributed by atoms with E-state index in [1.807, 2.05) is 86.6 Å². The first-order valence-electron chi connectivity index (χ1n) is 19.8. The number of fused-ring (bicyclic) bond motifs is 2. The molecule has 0 aromatic heterocycles. The summed E-state index contributed by atoms with van der Waals surface area (Å²) in [6, 6.07) is 28.0. The lowest BCUT2D eigenvalue weighted by Crippen LogP contribution is -2.42. The lowest BCUT2D eigenvalue weighted by molar-refractivity contribution is -0.121. The zero-order chi connectivity index (χ0) is 39.0. The second-order valence-corrected chi connectivity index (χ2v) is 15.4. The first-order chi connectivity index (χ1) is 27.1. The number of hydrogen-bond acceptors (Lipinski definition) is 6. The molecule has 56 heavy (non-hydrogen) atoms. The van der Waals surface area contributed by atoms with Crippen LogP contribution in [0.15, 0.2) is 84.9 Å². The van der Waals surface area contributed by atoms with Crippen LogP contribution in [0.2, 0.25) is 0 Å². The molecule has 2 aliphatic carbocycles. The Bertz CT molecular complexity index is 1990. The SMILES string of the molecule is CC(=O)N[C@@H](C)[C@@H]1Cc2ccc(C#Cc3ccc(OCC4CC4)cc3)cc2O1.CC(=O)N[C@H](C)[C@H]1Cc2ccc(C#Cc3ccc(OCC4CC4)cc3)cc2O1. The van der Waals surface area contributed by atoms with E-state index in [4.69, 9.17) is 18.9 Å². The highest BCUT2D eigenvalue weighted by Crippen LogP contribution is 2.33. The van der Waals surface area contributed by atoms with Crippen LogP contribution in [-0.4, -0.2) is 49.3 Å². The van der Waals surface area contributed by atoms with Gasteiger partial charge < -0.3 is 29.6 Å². The Kier molecular flexibility index (Phi) is 12.2. The monoisotopic (exact) mass is 750 g/mol. The van der Waals surface area contributed by atoms with E-state index < -0.39 is 0 Å². The fourth-order valence-electron chi connectivity index (χ4n) is 6.60. The Morgan fingerprint density at radius 2 is 0.946 bits per heavy atom. The van der Waals surface area contributed by atoms with Gasteiger partial charge in [-0.2, -0.15) is 0 Å². The van der Waals surface area contributed by atoms with Gasteiger partial charge in [0.1, 0.15) is 35.2 Å². The molecular weight excluding hydrogens is 701 g/mol. The van der Waals surface area contributed by atoms with E-state index in [1.165, 1.54) is 39.5 Å². The number of hydrogen-bond donors (Lipinski definition) is 2. The number of benzene rings is 4. The van der Waals surface area contributed by atoms with Crippen molar-refractivity contribution in [3.05, 3.63) is 118 Å². The van der Waals surface area contributed by atoms with Crippen molar-refractivity contribution in [1.29, 1.82) is 0 Å². The van der Waals surface area contributed by atoms with Gasteiger partial charge in [-0.1, -0.05) is 35.8 Å². The highest BCUT2D eigenvalue weighted by atomic mass is 16.5. The number of carbonyl (C=O) groups excluding carboxylic acids is 2. The molecule has 8 heteroatoms. The quantitative estimate of drug-likeness (QED) is 0.164. The van der Waals surface area contributed by atoms with Crippen molar-refractivity contribution in [2.75, 3.05) is 13.2 Å². The van der Waals surface area contributed by atoms with Crippen LogP contribution in [0.25, 0.3) is 0 Å². The van der Waals surface area contributed by atoms with Crippen LogP contribution in [0.5, 0.6) is 23.0 Å². The third-order valence-corrected chi connectivity index (χ3v) is 10.3. The van der Waals surface area contributed by atoms with E-state index in [1.54, 1.807) is 0 Å². The second kappa shape index (κ2) is 17.7. The van der Waals surface area contributed by atoms with Gasteiger partial charge >= 0.3 is 0 Å². The van der Waals surface area contributed by atoms with Gasteiger partial charge in [0.2, 0.25) is 11.8 Å². The molecule has 0 bridgehead atoms. The maximum absolute atomic E-state index is 11.3. The molecule has 4 aromatic carbocycles. The van der Waals surface area contributed by atoms with Crippen LogP contribution in [0.4, 0.5) is 0 Å². The molecule has 4 atom stereocenters. The molecule has 4 aliphatic rings. The first-order valence-corrected chi connectivity index (χ1v) is 19.8. The minimum absolute atomic E-state index is 0.0277. The van der Waals surface area contributed by atoms with E-state index >= 15 is 0 Å². The molecule has 2 fully saturated rings. The van der Waals surface area contributed by atoms with Gasteiger partial charge in [0.25, 0.3) is 0 Å². The summed E-state index contributed by atoms with van der Waals surface area (Å²) in [6.45, 7) is 8.63. The molecular formula is C48H50N2O6. The smallest absolute Gasteiger partial charge is 0.217 e. The van der Waals surface area contributed by atoms with Gasteiger partial charge in [-0.25, -0.2) is 0 Å². The molecule has 4 aromatic rings. The van der Waals surface area contributed by atoms with Gasteiger partial charge in [-0.15, -0.1) is 0 Å². The number of amides is 2. The molecule has 8 rings (SSSR count). The highest BCUT2D eigenvalue weighted by molar-refractivity contribution is 5.73. The molecule has 2 heterocycles. The predicted molar refractivity (Wildman–Crippen MR) is 217 cm³/mol. The summed E-state index contributed by atoms with van der Waals surface area (Å²) in [7, 11) is 0. The first kappa shape index (κ1) is 38.4. The summed E-state index contributed by atoms with van der Waals surface area (Å²) in [5, 5.41) is 5.80. The zero-order valence-electron chi connectivity index (χ0n) is 32.7. The fourth-order valence-corrected chi connectivity index (χ4v) is 6.60. The Balaban J connectivity index is 0.000000172. The minimum atomic E-state index is -0.0393. The zero-order valence-corrected chi connectivity index (χ0v) is 32.7. The summed E-state index contributed by atoms with van der Waals surface area (Å²) in [5.41, 5.74) is 6.06. The summed E-state index contributed by atoms with van der Waals surface area (Å²) >= 11 is 0. The normalized spacial score (nSPS) is 18.3. The topological polar surface area (TPSA) is 95.1 Å². The Hall–Kier alpha value is -5.86. The van der Waals surface area contributed by atoms with Crippen molar-refractivity contribution in [2.24, 2.45) is 11.8 Å². The van der Waals surface area contributed by atoms with Crippen molar-refractivity contribution < 1.29 is 28.5 Å². The van der Waals surface area contributed by atoms with Crippen LogP contribution >= 0.6 is 0 Å². The van der Waals surface area contributed by atoms with Crippen molar-refractivity contribution in [3.63, 3.8) is 0 Å². The van der Waals surface area contributed by atoms with Crippen LogP contribution in [0.3, 0.4) is 0 Å². The molecule has 2 aliphatic heterocycles. The molecule has 2 saturated carbocycles. The summed E-state index contributed by atoms with van der Waals surface area (Å²) < 4.78 is 23.6. The van der Waals surface area contributed by atoms with E-state index in [2.05, 4.69) is 46.4 Å². The summed E-state index contributed by atoms with van der Waals surface area (Å²) in [5.74, 6) is 17.8. The lowest BCUT2D eigenvalue weighted by atomic mass is 10.0. The molecule has 288 valence electrons. The fraction of sp³-hybridized carbons (Fsp3) is 0.375. The number of rotatable bonds is 10. The van der Waals surface area contributed by atoms with E-state index in [0.29, 0.717) is 0 Å². The minimum Gasteiger partial charge on any atom is -0.493 e. The Morgan fingerprint density at radius 1 is 0.589 bits per heavy atom. The van der Waals surface area contributed by atoms with Gasteiger partial charge in [-0.05, 0) is 135 Å². The Morgan fingerprint density at radius 3 is 1.30 bits per heavy atom. The largest absolute Gasteiger partial charge is 0.493 e. The predicted octanol–water partition coefficient (Wildman–Crippen LogP) is 7.41. The number of carbonyl (C=O) groups is 2. The van der Waals surface area contributed by atoms with Crippen molar-refractivity contribution in [2.45, 2.75) is 90.5 Å². The third kappa shape index (κ3) is 11.1. The highest BCUT2D eigenvalue weighted by Gasteiger charge is 2.29. The lowest BCUT2D eigenvalue weighted by Gasteiger charge is -2.19. The van der Waals surface area contributed by atoms with Gasteiger partial charge in [-0.3, -0.25) is 9.59 Å². The van der Waals surface area contributed by atoms with E-state index in [9.17, 15) is 9.59 Å². The second-order valence-electron chi connectivity index (χ2n) is 15.4. The standard InChI is InChI=1S/2C24H25NO3/c2*1-16(25-17(2)26)23-14-21-10-7-19(13-24(21)28-23)4-3-18-8-11-22(12-9-18)27-15-20-5-6-20/h2*7-13,16,20,23H,5-6,14-15H2,1-2H3,(H,25,26)/t2*16-,23-/m10/s1. The van der Waals surface area contributed by atoms with Crippen LogP contribution < -0.4 is 29.6 Å². The maximum atomic E-state index is 11.3. The number of nitrogens with one attached hydrogen (secondary N) is 2. The Labute approximate surface area is 330 Å². The average molecular weight is 751 g/mol. The molecule has 0 radical (unpaired) electrons. The third-order valence-electron chi connectivity index (χ3n) is 10.3. The van der Waals surface area contributed by atoms with Crippen LogP contribution in [-0.2, 0) is 22.4 Å². The molecule has 8 nitrogen and oxygen atoms in total. The van der Waals surface area contributed by atoms with Crippen molar-refractivity contribution in [3.8, 4) is 46.7 Å². The summed E-state index contributed by atoms with van der Waals surface area (Å²) in [6.07, 6.45) is 6.69. The van der Waals surface area contributed by atoms with Crippen molar-refractivity contribution >= 4 is 11.8 Å².